The van der Waals surface area contributed by atoms with Crippen LogP contribution in [0.25, 0.3) is 10.9 Å². The van der Waals surface area contributed by atoms with Gasteiger partial charge in [0.15, 0.2) is 0 Å². The lowest BCUT2D eigenvalue weighted by Crippen LogP contribution is -2.02. The summed E-state index contributed by atoms with van der Waals surface area (Å²) in [6.07, 6.45) is 0.884. The zero-order chi connectivity index (χ0) is 9.26. The van der Waals surface area contributed by atoms with E-state index in [2.05, 4.69) is 11.1 Å². The lowest BCUT2D eigenvalue weighted by molar-refractivity contribution is 0.940. The van der Waals surface area contributed by atoms with Crippen molar-refractivity contribution in [3.05, 3.63) is 30.0 Å². The molecule has 0 unspecified atom stereocenters. The van der Waals surface area contributed by atoms with Crippen molar-refractivity contribution in [3.63, 3.8) is 0 Å². The molecule has 1 aromatic carbocycles. The van der Waals surface area contributed by atoms with Gasteiger partial charge in [0.25, 0.3) is 0 Å². The van der Waals surface area contributed by atoms with Crippen molar-refractivity contribution < 1.29 is 0 Å². The number of benzene rings is 1. The smallest absolute Gasteiger partial charge is 0.0476 e. The molecule has 2 rings (SSSR count). The second kappa shape index (κ2) is 3.11. The van der Waals surface area contributed by atoms with Crippen molar-refractivity contribution in [1.29, 1.82) is 0 Å². The molecule has 0 bridgehead atoms. The monoisotopic (exact) mass is 175 g/mol. The van der Waals surface area contributed by atoms with Crippen LogP contribution in [0.4, 0.5) is 5.69 Å². The van der Waals surface area contributed by atoms with Crippen LogP contribution in [0, 0.1) is 0 Å². The van der Waals surface area contributed by atoms with E-state index in [0.29, 0.717) is 6.54 Å². The summed E-state index contributed by atoms with van der Waals surface area (Å²) >= 11 is 0. The van der Waals surface area contributed by atoms with Gasteiger partial charge in [-0.25, -0.2) is 0 Å². The second-order valence-electron chi connectivity index (χ2n) is 3.18. The predicted octanol–water partition coefficient (Wildman–Crippen LogP) is 1.25. The van der Waals surface area contributed by atoms with Gasteiger partial charge in [0.1, 0.15) is 0 Å². The largest absolute Gasteiger partial charge is 0.399 e. The molecule has 68 valence electrons. The second-order valence-corrected chi connectivity index (χ2v) is 3.18. The van der Waals surface area contributed by atoms with E-state index >= 15 is 0 Å². The van der Waals surface area contributed by atoms with Gasteiger partial charge >= 0.3 is 0 Å². The molecule has 0 aliphatic carbocycles. The topological polar surface area (TPSA) is 67.8 Å². The van der Waals surface area contributed by atoms with E-state index in [-0.39, 0.29) is 0 Å². The Labute approximate surface area is 76.7 Å². The highest BCUT2D eigenvalue weighted by molar-refractivity contribution is 5.83. The number of nitrogens with two attached hydrogens (primary N) is 2. The number of fused-ring (bicyclic) bond motifs is 1. The van der Waals surface area contributed by atoms with Crippen LogP contribution in [0.2, 0.25) is 0 Å². The van der Waals surface area contributed by atoms with Crippen molar-refractivity contribution >= 4 is 16.6 Å². The van der Waals surface area contributed by atoms with Gasteiger partial charge in [-0.15, -0.1) is 0 Å². The lowest BCUT2D eigenvalue weighted by Gasteiger charge is -1.91. The number of hydrogen-bond donors (Lipinski definition) is 3. The summed E-state index contributed by atoms with van der Waals surface area (Å²) in [7, 11) is 0. The van der Waals surface area contributed by atoms with Crippen LogP contribution in [-0.4, -0.2) is 11.5 Å². The molecule has 1 aromatic heterocycles. The van der Waals surface area contributed by atoms with E-state index in [9.17, 15) is 0 Å². The average molecular weight is 175 g/mol. The van der Waals surface area contributed by atoms with Crippen LogP contribution in [0.3, 0.4) is 0 Å². The van der Waals surface area contributed by atoms with E-state index in [1.54, 1.807) is 0 Å². The molecule has 3 nitrogen and oxygen atoms in total. The Morgan fingerprint density at radius 2 is 2.08 bits per heavy atom. The van der Waals surface area contributed by atoms with Gasteiger partial charge in [-0.2, -0.15) is 0 Å². The highest BCUT2D eigenvalue weighted by Gasteiger charge is 1.99. The van der Waals surface area contributed by atoms with E-state index in [1.165, 1.54) is 11.1 Å². The highest BCUT2D eigenvalue weighted by atomic mass is 14.7. The molecule has 0 spiro atoms. The summed E-state index contributed by atoms with van der Waals surface area (Å²) in [6, 6.07) is 7.97. The Morgan fingerprint density at radius 3 is 2.85 bits per heavy atom. The van der Waals surface area contributed by atoms with Crippen LogP contribution in [0.5, 0.6) is 0 Å². The highest BCUT2D eigenvalue weighted by Crippen LogP contribution is 2.18. The predicted molar refractivity (Wildman–Crippen MR) is 55.5 cm³/mol. The van der Waals surface area contributed by atoms with Crippen molar-refractivity contribution in [3.8, 4) is 0 Å². The van der Waals surface area contributed by atoms with Gasteiger partial charge in [-0.3, -0.25) is 0 Å². The van der Waals surface area contributed by atoms with Gasteiger partial charge in [-0.1, -0.05) is 6.07 Å². The van der Waals surface area contributed by atoms with E-state index in [4.69, 9.17) is 11.5 Å². The lowest BCUT2D eigenvalue weighted by atomic mass is 10.2. The number of anilines is 1. The fourth-order valence-corrected chi connectivity index (χ4v) is 1.49. The summed E-state index contributed by atoms with van der Waals surface area (Å²) < 4.78 is 0. The number of nitrogens with one attached hydrogen (secondary N) is 1. The molecule has 0 aliphatic rings. The fourth-order valence-electron chi connectivity index (χ4n) is 1.49. The molecule has 13 heavy (non-hydrogen) atoms. The van der Waals surface area contributed by atoms with Crippen molar-refractivity contribution in [2.45, 2.75) is 6.42 Å². The first-order chi connectivity index (χ1) is 6.29. The maximum atomic E-state index is 5.66. The third kappa shape index (κ3) is 1.51. The maximum Gasteiger partial charge on any atom is 0.0476 e. The van der Waals surface area contributed by atoms with Gasteiger partial charge in [0.05, 0.1) is 0 Å². The Morgan fingerprint density at radius 1 is 1.23 bits per heavy atom. The van der Waals surface area contributed by atoms with Gasteiger partial charge in [0, 0.05) is 16.9 Å². The number of rotatable bonds is 2. The Hall–Kier alpha value is -1.48. The SMILES string of the molecule is NCCc1cc2ccc(N)cc2[nH]1. The maximum absolute atomic E-state index is 5.66. The molecule has 0 amide bonds. The van der Waals surface area contributed by atoms with Crippen molar-refractivity contribution in [1.82, 2.24) is 4.98 Å². The van der Waals surface area contributed by atoms with Crippen molar-refractivity contribution in [2.75, 3.05) is 12.3 Å². The summed E-state index contributed by atoms with van der Waals surface area (Å²) in [5, 5.41) is 1.19. The molecule has 0 fully saturated rings. The van der Waals surface area contributed by atoms with Gasteiger partial charge < -0.3 is 16.5 Å². The number of nitrogen functional groups attached to an aromatic ring is 1. The summed E-state index contributed by atoms with van der Waals surface area (Å²) in [5.74, 6) is 0. The van der Waals surface area contributed by atoms with E-state index in [0.717, 1.165) is 17.6 Å². The van der Waals surface area contributed by atoms with Crippen LogP contribution >= 0.6 is 0 Å². The molecule has 0 saturated heterocycles. The molecule has 0 atom stereocenters. The number of H-pyrrole nitrogens is 1. The molecule has 0 radical (unpaired) electrons. The normalized spacial score (nSPS) is 10.8. The average Bonchev–Trinajstić information content (AvgIpc) is 2.46. The number of aromatic nitrogens is 1. The van der Waals surface area contributed by atoms with Crippen LogP contribution in [0.15, 0.2) is 24.3 Å². The molecule has 0 aliphatic heterocycles. The Kier molecular flexibility index (Phi) is 1.94. The molecule has 3 heteroatoms. The third-order valence-corrected chi connectivity index (χ3v) is 2.12. The first-order valence-electron chi connectivity index (χ1n) is 4.37. The standard InChI is InChI=1S/C10H13N3/c11-4-3-9-5-7-1-2-8(12)6-10(7)13-9/h1-2,5-6,13H,3-4,11-12H2. The minimum Gasteiger partial charge on any atom is -0.399 e. The Balaban J connectivity index is 2.49. The van der Waals surface area contributed by atoms with Gasteiger partial charge in [-0.05, 0) is 36.6 Å². The first kappa shape index (κ1) is 8.13. The number of aromatic amines is 1. The van der Waals surface area contributed by atoms with E-state index in [1.807, 2.05) is 18.2 Å². The van der Waals surface area contributed by atoms with Crippen LogP contribution in [-0.2, 0) is 6.42 Å². The summed E-state index contributed by atoms with van der Waals surface area (Å²) in [6.45, 7) is 0.669. The molecule has 5 N–H and O–H groups in total. The Bertz CT molecular complexity index is 417. The van der Waals surface area contributed by atoms with Crippen LogP contribution in [0.1, 0.15) is 5.69 Å². The van der Waals surface area contributed by atoms with Crippen LogP contribution < -0.4 is 11.5 Å². The molecular formula is C10H13N3. The van der Waals surface area contributed by atoms with Gasteiger partial charge in [0.2, 0.25) is 0 Å². The van der Waals surface area contributed by atoms with Crippen molar-refractivity contribution in [2.24, 2.45) is 5.73 Å². The summed E-state index contributed by atoms with van der Waals surface area (Å²) in [5.41, 5.74) is 14.2. The fraction of sp³-hybridized carbons (Fsp3) is 0.200. The molecule has 0 saturated carbocycles. The first-order valence-corrected chi connectivity index (χ1v) is 4.37. The number of hydrogen-bond acceptors (Lipinski definition) is 2. The minimum atomic E-state index is 0.669. The summed E-state index contributed by atoms with van der Waals surface area (Å²) in [4.78, 5) is 3.28. The zero-order valence-electron chi connectivity index (χ0n) is 7.38. The minimum absolute atomic E-state index is 0.669. The third-order valence-electron chi connectivity index (χ3n) is 2.12. The quantitative estimate of drug-likeness (QED) is 0.601. The molecule has 1 heterocycles. The van der Waals surface area contributed by atoms with E-state index < -0.39 is 0 Å². The zero-order valence-corrected chi connectivity index (χ0v) is 7.38. The molecular weight excluding hydrogens is 162 g/mol. The molecule has 2 aromatic rings.